The van der Waals surface area contributed by atoms with Crippen LogP contribution in [0.4, 0.5) is 24.8 Å². The van der Waals surface area contributed by atoms with E-state index in [1.807, 2.05) is 0 Å². The van der Waals surface area contributed by atoms with Gasteiger partial charge in [0.25, 0.3) is 0 Å². The first kappa shape index (κ1) is 17.8. The van der Waals surface area contributed by atoms with E-state index in [-0.39, 0.29) is 24.2 Å². The molecular weight excluding hydrogens is 325 g/mol. The number of nitrogens with zero attached hydrogens (tertiary/aromatic N) is 3. The average molecular weight is 342 g/mol. The van der Waals surface area contributed by atoms with Crippen molar-refractivity contribution in [1.29, 1.82) is 0 Å². The Morgan fingerprint density at radius 1 is 1.25 bits per heavy atom. The van der Waals surface area contributed by atoms with E-state index in [1.165, 1.54) is 16.7 Å². The molecule has 9 heteroatoms. The summed E-state index contributed by atoms with van der Waals surface area (Å²) in [7, 11) is 0. The number of anilines is 2. The van der Waals surface area contributed by atoms with Gasteiger partial charge in [0.1, 0.15) is 0 Å². The summed E-state index contributed by atoms with van der Waals surface area (Å²) in [6, 6.07) is 4.07. The van der Waals surface area contributed by atoms with Crippen molar-refractivity contribution in [3.8, 4) is 0 Å². The van der Waals surface area contributed by atoms with Gasteiger partial charge in [-0.2, -0.15) is 18.2 Å². The third-order valence-corrected chi connectivity index (χ3v) is 3.38. The minimum Gasteiger partial charge on any atom is -0.325 e. The van der Waals surface area contributed by atoms with Gasteiger partial charge in [-0.25, -0.2) is 14.2 Å². The molecule has 24 heavy (non-hydrogen) atoms. The van der Waals surface area contributed by atoms with Gasteiger partial charge < -0.3 is 5.32 Å². The predicted molar refractivity (Wildman–Crippen MR) is 83.5 cm³/mol. The molecule has 6 nitrogen and oxygen atoms in total. The van der Waals surface area contributed by atoms with Crippen molar-refractivity contribution in [3.63, 3.8) is 0 Å². The maximum atomic E-state index is 12.8. The van der Waals surface area contributed by atoms with Crippen molar-refractivity contribution >= 4 is 11.6 Å². The Balaban J connectivity index is 2.52. The molecule has 2 rings (SSSR count). The normalized spacial score (nSPS) is 11.8. The lowest BCUT2D eigenvalue weighted by atomic mass is 10.2. The molecule has 0 amide bonds. The lowest BCUT2D eigenvalue weighted by Crippen LogP contribution is -2.43. The van der Waals surface area contributed by atoms with Crippen LogP contribution in [0, 0.1) is 0 Å². The second kappa shape index (κ2) is 6.50. The van der Waals surface area contributed by atoms with Crippen LogP contribution in [0.25, 0.3) is 0 Å². The van der Waals surface area contributed by atoms with E-state index in [9.17, 15) is 22.8 Å². The highest BCUT2D eigenvalue weighted by Crippen LogP contribution is 2.31. The Labute approximate surface area is 135 Å². The molecule has 1 N–H and O–H groups in total. The number of aromatic nitrogens is 3. The highest BCUT2D eigenvalue weighted by molar-refractivity contribution is 5.54. The highest BCUT2D eigenvalue weighted by Gasteiger charge is 2.30. The number of rotatable bonds is 4. The van der Waals surface area contributed by atoms with Crippen LogP contribution < -0.4 is 16.7 Å². The lowest BCUT2D eigenvalue weighted by molar-refractivity contribution is -0.137. The molecule has 0 bridgehead atoms. The molecule has 0 unspecified atom stereocenters. The molecule has 0 saturated carbocycles. The number of alkyl halides is 3. The summed E-state index contributed by atoms with van der Waals surface area (Å²) in [5, 5.41) is 2.62. The summed E-state index contributed by atoms with van der Waals surface area (Å²) in [5.74, 6) is -0.0938. The number of hydrogen-bond donors (Lipinski definition) is 1. The quantitative estimate of drug-likeness (QED) is 0.928. The molecule has 2 aromatic rings. The predicted octanol–water partition coefficient (Wildman–Crippen LogP) is 2.77. The molecule has 1 aromatic carbocycles. The van der Waals surface area contributed by atoms with Crippen molar-refractivity contribution < 1.29 is 13.2 Å². The maximum absolute atomic E-state index is 12.8. The van der Waals surface area contributed by atoms with Crippen molar-refractivity contribution in [2.45, 2.75) is 39.5 Å². The van der Waals surface area contributed by atoms with Crippen molar-refractivity contribution in [1.82, 2.24) is 14.1 Å². The Bertz CT molecular complexity index is 853. The van der Waals surface area contributed by atoms with Crippen LogP contribution in [0.5, 0.6) is 0 Å². The number of halogens is 3. The minimum atomic E-state index is -4.49. The minimum absolute atomic E-state index is 0.0839. The molecule has 1 heterocycles. The molecule has 130 valence electrons. The second-order valence-corrected chi connectivity index (χ2v) is 5.41. The molecule has 0 atom stereocenters. The Morgan fingerprint density at radius 3 is 2.46 bits per heavy atom. The monoisotopic (exact) mass is 342 g/mol. The van der Waals surface area contributed by atoms with E-state index >= 15 is 0 Å². The molecule has 0 radical (unpaired) electrons. The third-order valence-electron chi connectivity index (χ3n) is 3.38. The Kier molecular flexibility index (Phi) is 4.81. The summed E-state index contributed by atoms with van der Waals surface area (Å²) in [6.45, 7) is 5.23. The van der Waals surface area contributed by atoms with Crippen LogP contribution in [0.3, 0.4) is 0 Å². The van der Waals surface area contributed by atoms with Gasteiger partial charge in [0.05, 0.1) is 5.56 Å². The fourth-order valence-corrected chi connectivity index (χ4v) is 2.23. The maximum Gasteiger partial charge on any atom is 0.416 e. The molecule has 0 aliphatic carbocycles. The van der Waals surface area contributed by atoms with E-state index in [4.69, 9.17) is 0 Å². The fourth-order valence-electron chi connectivity index (χ4n) is 2.23. The average Bonchev–Trinajstić information content (AvgIpc) is 2.46. The van der Waals surface area contributed by atoms with Crippen molar-refractivity contribution in [2.24, 2.45) is 0 Å². The highest BCUT2D eigenvalue weighted by atomic mass is 19.4. The van der Waals surface area contributed by atoms with Gasteiger partial charge in [-0.15, -0.1) is 0 Å². The zero-order valence-corrected chi connectivity index (χ0v) is 13.4. The topological polar surface area (TPSA) is 68.9 Å². The molecule has 0 aliphatic heterocycles. The summed E-state index contributed by atoms with van der Waals surface area (Å²) in [4.78, 5) is 28.2. The Morgan fingerprint density at radius 2 is 1.92 bits per heavy atom. The van der Waals surface area contributed by atoms with Gasteiger partial charge in [0, 0.05) is 18.3 Å². The first-order valence-electron chi connectivity index (χ1n) is 7.32. The Hall–Kier alpha value is -2.58. The van der Waals surface area contributed by atoms with Crippen LogP contribution in [0.2, 0.25) is 0 Å². The molecule has 1 aromatic heterocycles. The molecule has 0 fully saturated rings. The van der Waals surface area contributed by atoms with Crippen LogP contribution >= 0.6 is 0 Å². The van der Waals surface area contributed by atoms with Crippen molar-refractivity contribution in [3.05, 3.63) is 50.8 Å². The first-order chi connectivity index (χ1) is 11.1. The van der Waals surface area contributed by atoms with E-state index in [0.29, 0.717) is 0 Å². The molecule has 0 aliphatic rings. The number of nitrogens with one attached hydrogen (secondary N) is 1. The van der Waals surface area contributed by atoms with Crippen molar-refractivity contribution in [2.75, 3.05) is 5.32 Å². The fraction of sp³-hybridized carbons (Fsp3) is 0.400. The molecule has 0 spiro atoms. The SMILES string of the molecule is CCn1c(Nc2cccc(C(F)(F)F)c2)nc(=O)n(C(C)C)c1=O. The van der Waals surface area contributed by atoms with Crippen LogP contribution in [-0.4, -0.2) is 14.1 Å². The molecular formula is C15H17F3N4O2. The smallest absolute Gasteiger partial charge is 0.325 e. The summed E-state index contributed by atoms with van der Waals surface area (Å²) >= 11 is 0. The van der Waals surface area contributed by atoms with Gasteiger partial charge >= 0.3 is 17.6 Å². The zero-order chi connectivity index (χ0) is 18.1. The lowest BCUT2D eigenvalue weighted by Gasteiger charge is -2.16. The second-order valence-electron chi connectivity index (χ2n) is 5.41. The van der Waals surface area contributed by atoms with Crippen LogP contribution in [0.15, 0.2) is 33.9 Å². The first-order valence-corrected chi connectivity index (χ1v) is 7.32. The van der Waals surface area contributed by atoms with Gasteiger partial charge in [0.15, 0.2) is 0 Å². The summed E-state index contributed by atoms with van der Waals surface area (Å²) in [5.41, 5.74) is -2.08. The van der Waals surface area contributed by atoms with E-state index in [1.54, 1.807) is 20.8 Å². The van der Waals surface area contributed by atoms with Gasteiger partial charge in [-0.05, 0) is 39.0 Å². The van der Waals surface area contributed by atoms with E-state index < -0.39 is 23.1 Å². The number of benzene rings is 1. The standard InChI is InChI=1S/C15H17F3N4O2/c1-4-21-12(20-13(23)22(9(2)3)14(21)24)19-11-7-5-6-10(8-11)15(16,17)18/h5-9H,4H2,1-3H3,(H,19,20,23). The number of hydrogen-bond acceptors (Lipinski definition) is 4. The summed E-state index contributed by atoms with van der Waals surface area (Å²) in [6.07, 6.45) is -4.49. The van der Waals surface area contributed by atoms with E-state index in [2.05, 4.69) is 10.3 Å². The van der Waals surface area contributed by atoms with Crippen LogP contribution in [-0.2, 0) is 12.7 Å². The van der Waals surface area contributed by atoms with E-state index in [0.717, 1.165) is 16.7 Å². The summed E-state index contributed by atoms with van der Waals surface area (Å²) < 4.78 is 40.5. The van der Waals surface area contributed by atoms with Gasteiger partial charge in [-0.3, -0.25) is 4.57 Å². The largest absolute Gasteiger partial charge is 0.416 e. The van der Waals surface area contributed by atoms with Crippen LogP contribution in [0.1, 0.15) is 32.4 Å². The van der Waals surface area contributed by atoms with Gasteiger partial charge in [0.2, 0.25) is 5.95 Å². The van der Waals surface area contributed by atoms with Gasteiger partial charge in [-0.1, -0.05) is 6.07 Å². The molecule has 0 saturated heterocycles. The zero-order valence-electron chi connectivity index (χ0n) is 13.4. The third kappa shape index (κ3) is 3.50.